The molecule has 0 amide bonds. The third kappa shape index (κ3) is 5.15. The second-order valence-electron chi connectivity index (χ2n) is 3.70. The number of methoxy groups -OCH3 is 1. The van der Waals surface area contributed by atoms with Crippen LogP contribution in [0.1, 0.15) is 12.5 Å². The Morgan fingerprint density at radius 2 is 2.05 bits per heavy atom. The van der Waals surface area contributed by atoms with Crippen molar-refractivity contribution in [1.82, 2.24) is 0 Å². The van der Waals surface area contributed by atoms with Crippen LogP contribution in [0.3, 0.4) is 0 Å². The van der Waals surface area contributed by atoms with Crippen molar-refractivity contribution in [2.75, 3.05) is 19.4 Å². The van der Waals surface area contributed by atoms with Crippen LogP contribution in [-0.4, -0.2) is 33.8 Å². The molecule has 7 heteroatoms. The summed E-state index contributed by atoms with van der Waals surface area (Å²) >= 11 is 0. The lowest BCUT2D eigenvalue weighted by atomic mass is 10.1. The summed E-state index contributed by atoms with van der Waals surface area (Å²) < 4.78 is 14.4. The number of nitrogens with one attached hydrogen (secondary N) is 1. The summed E-state index contributed by atoms with van der Waals surface area (Å²) in [4.78, 5) is 22.1. The van der Waals surface area contributed by atoms with E-state index in [1.54, 1.807) is 24.3 Å². The number of benzene rings is 1. The van der Waals surface area contributed by atoms with Gasteiger partial charge >= 0.3 is 19.6 Å². The predicted molar refractivity (Wildman–Crippen MR) is 75.2 cm³/mol. The Morgan fingerprint density at radius 3 is 2.65 bits per heavy atom. The summed E-state index contributed by atoms with van der Waals surface area (Å²) in [5.41, 5.74) is 1.26. The SMILES string of the molecule is CO[B]Nc1ccc(/C=C/C(=O)OC)cc1OC(C)=O. The van der Waals surface area contributed by atoms with E-state index in [-0.39, 0.29) is 0 Å². The van der Waals surface area contributed by atoms with Crippen LogP contribution >= 0.6 is 0 Å². The summed E-state index contributed by atoms with van der Waals surface area (Å²) in [6, 6.07) is 5.07. The lowest BCUT2D eigenvalue weighted by Gasteiger charge is -2.10. The van der Waals surface area contributed by atoms with E-state index in [1.807, 2.05) is 0 Å². The molecule has 0 aromatic heterocycles. The van der Waals surface area contributed by atoms with Crippen molar-refractivity contribution >= 4 is 31.3 Å². The first-order chi connectivity index (χ1) is 9.56. The van der Waals surface area contributed by atoms with Crippen molar-refractivity contribution in [3.63, 3.8) is 0 Å². The van der Waals surface area contributed by atoms with Crippen LogP contribution in [-0.2, 0) is 19.0 Å². The zero-order valence-electron chi connectivity index (χ0n) is 11.5. The number of carbonyl (C=O) groups is 2. The second kappa shape index (κ2) is 8.01. The third-order valence-electron chi connectivity index (χ3n) is 2.20. The van der Waals surface area contributed by atoms with E-state index in [1.165, 1.54) is 34.8 Å². The van der Waals surface area contributed by atoms with Gasteiger partial charge in [0.05, 0.1) is 12.8 Å². The average Bonchev–Trinajstić information content (AvgIpc) is 2.43. The van der Waals surface area contributed by atoms with Gasteiger partial charge in [-0.2, -0.15) is 0 Å². The highest BCUT2D eigenvalue weighted by atomic mass is 16.5. The summed E-state index contributed by atoms with van der Waals surface area (Å²) in [7, 11) is 4.14. The molecule has 1 radical (unpaired) electrons. The first kappa shape index (κ1) is 15.8. The molecule has 0 fully saturated rings. The second-order valence-corrected chi connectivity index (χ2v) is 3.70. The minimum atomic E-state index is -0.464. The maximum atomic E-state index is 11.1. The van der Waals surface area contributed by atoms with Gasteiger partial charge in [-0.15, -0.1) is 0 Å². The van der Waals surface area contributed by atoms with Gasteiger partial charge in [0.2, 0.25) is 0 Å². The molecule has 1 aromatic carbocycles. The Morgan fingerprint density at radius 1 is 1.30 bits per heavy atom. The zero-order valence-corrected chi connectivity index (χ0v) is 11.5. The maximum absolute atomic E-state index is 11.1. The molecule has 0 aliphatic carbocycles. The van der Waals surface area contributed by atoms with Gasteiger partial charge in [-0.05, 0) is 23.8 Å². The van der Waals surface area contributed by atoms with Crippen molar-refractivity contribution in [1.29, 1.82) is 0 Å². The molecule has 6 nitrogen and oxygen atoms in total. The van der Waals surface area contributed by atoms with Crippen molar-refractivity contribution < 1.29 is 23.7 Å². The monoisotopic (exact) mass is 276 g/mol. The number of ether oxygens (including phenoxy) is 2. The fourth-order valence-corrected chi connectivity index (χ4v) is 1.36. The van der Waals surface area contributed by atoms with Crippen LogP contribution in [0.4, 0.5) is 5.69 Å². The van der Waals surface area contributed by atoms with E-state index in [4.69, 9.17) is 9.39 Å². The number of carbonyl (C=O) groups excluding carboxylic acids is 2. The van der Waals surface area contributed by atoms with Crippen LogP contribution in [0.5, 0.6) is 5.75 Å². The highest BCUT2D eigenvalue weighted by Crippen LogP contribution is 2.26. The fraction of sp³-hybridized carbons (Fsp3) is 0.231. The van der Waals surface area contributed by atoms with Crippen LogP contribution in [0.15, 0.2) is 24.3 Å². The van der Waals surface area contributed by atoms with Crippen LogP contribution in [0, 0.1) is 0 Å². The van der Waals surface area contributed by atoms with Crippen molar-refractivity contribution in [2.24, 2.45) is 0 Å². The molecule has 1 aromatic rings. The first-order valence-corrected chi connectivity index (χ1v) is 5.76. The number of rotatable bonds is 6. The first-order valence-electron chi connectivity index (χ1n) is 5.76. The van der Waals surface area contributed by atoms with E-state index in [2.05, 4.69) is 9.96 Å². The minimum Gasteiger partial charge on any atom is -0.466 e. The molecular weight excluding hydrogens is 261 g/mol. The number of anilines is 1. The molecule has 0 heterocycles. The summed E-state index contributed by atoms with van der Waals surface area (Å²) in [6.07, 6.45) is 2.84. The lowest BCUT2D eigenvalue weighted by Crippen LogP contribution is -2.11. The summed E-state index contributed by atoms with van der Waals surface area (Å²) in [5, 5.41) is 2.83. The van der Waals surface area contributed by atoms with Crippen LogP contribution in [0.25, 0.3) is 6.08 Å². The molecule has 0 spiro atoms. The Bertz CT molecular complexity index is 515. The molecule has 1 N–H and O–H groups in total. The van der Waals surface area contributed by atoms with E-state index in [0.717, 1.165) is 0 Å². The molecule has 0 aliphatic rings. The fourth-order valence-electron chi connectivity index (χ4n) is 1.36. The van der Waals surface area contributed by atoms with Crippen molar-refractivity contribution in [3.8, 4) is 5.75 Å². The Hall–Kier alpha value is -2.28. The minimum absolute atomic E-state index is 0.331. The Balaban J connectivity index is 2.97. The van der Waals surface area contributed by atoms with Crippen molar-refractivity contribution in [2.45, 2.75) is 6.92 Å². The molecule has 0 bridgehead atoms. The van der Waals surface area contributed by atoms with Gasteiger partial charge in [0.15, 0.2) is 5.75 Å². The zero-order chi connectivity index (χ0) is 15.0. The summed E-state index contributed by atoms with van der Waals surface area (Å²) in [5.74, 6) is -0.577. The lowest BCUT2D eigenvalue weighted by molar-refractivity contribution is -0.135. The largest absolute Gasteiger partial charge is 0.466 e. The molecule has 105 valence electrons. The van der Waals surface area contributed by atoms with Gasteiger partial charge in [-0.3, -0.25) is 4.79 Å². The van der Waals surface area contributed by atoms with E-state index >= 15 is 0 Å². The number of hydrogen-bond donors (Lipinski definition) is 1. The van der Waals surface area contributed by atoms with Gasteiger partial charge < -0.3 is 19.4 Å². The smallest absolute Gasteiger partial charge is 0.436 e. The normalized spacial score (nSPS) is 10.2. The van der Waals surface area contributed by atoms with Gasteiger partial charge in [0.1, 0.15) is 0 Å². The van der Waals surface area contributed by atoms with Gasteiger partial charge in [0.25, 0.3) is 0 Å². The topological polar surface area (TPSA) is 73.9 Å². The molecule has 0 atom stereocenters. The average molecular weight is 276 g/mol. The predicted octanol–water partition coefficient (Wildman–Crippen LogP) is 1.39. The quantitative estimate of drug-likeness (QED) is 0.366. The molecule has 0 unspecified atom stereocenters. The molecule has 0 saturated heterocycles. The van der Waals surface area contributed by atoms with E-state index < -0.39 is 11.9 Å². The van der Waals surface area contributed by atoms with Crippen LogP contribution < -0.4 is 9.96 Å². The molecule has 1 rings (SSSR count). The summed E-state index contributed by atoms with van der Waals surface area (Å²) in [6.45, 7) is 1.31. The molecule has 0 saturated carbocycles. The number of hydrogen-bond acceptors (Lipinski definition) is 6. The molecular formula is C13H15BNO5. The maximum Gasteiger partial charge on any atom is 0.436 e. The molecule has 20 heavy (non-hydrogen) atoms. The Kier molecular flexibility index (Phi) is 6.32. The van der Waals surface area contributed by atoms with Crippen LogP contribution in [0.2, 0.25) is 0 Å². The van der Waals surface area contributed by atoms with Gasteiger partial charge in [-0.1, -0.05) is 6.07 Å². The number of esters is 2. The highest BCUT2D eigenvalue weighted by molar-refractivity contribution is 6.32. The van der Waals surface area contributed by atoms with E-state index in [0.29, 0.717) is 17.0 Å². The standard InChI is InChI=1S/C13H15BNO5/c1-9(16)20-12-8-10(5-7-13(17)18-2)4-6-11(12)15-14-19-3/h4-8,15H,1-3H3/b7-5+. The van der Waals surface area contributed by atoms with Gasteiger partial charge in [-0.25, -0.2) is 4.79 Å². The Labute approximate surface area is 118 Å². The van der Waals surface area contributed by atoms with Gasteiger partial charge in [0, 0.05) is 20.1 Å². The van der Waals surface area contributed by atoms with E-state index in [9.17, 15) is 9.59 Å². The molecule has 0 aliphatic heterocycles. The third-order valence-corrected chi connectivity index (χ3v) is 2.20. The van der Waals surface area contributed by atoms with Crippen molar-refractivity contribution in [3.05, 3.63) is 29.8 Å². The highest BCUT2D eigenvalue weighted by Gasteiger charge is 2.07.